The van der Waals surface area contributed by atoms with Gasteiger partial charge in [0.2, 0.25) is 0 Å². The van der Waals surface area contributed by atoms with Crippen molar-refractivity contribution < 1.29 is 24.2 Å². The molecular weight excluding hydrogens is 583 g/mol. The van der Waals surface area contributed by atoms with Gasteiger partial charge in [-0.15, -0.1) is 11.3 Å². The van der Waals surface area contributed by atoms with E-state index in [1.165, 1.54) is 22.3 Å². The van der Waals surface area contributed by atoms with Crippen molar-refractivity contribution in [3.8, 4) is 11.1 Å². The van der Waals surface area contributed by atoms with Crippen molar-refractivity contribution in [3.05, 3.63) is 82.6 Å². The van der Waals surface area contributed by atoms with Gasteiger partial charge in [-0.25, -0.2) is 14.4 Å². The molecule has 0 bridgehead atoms. The first-order chi connectivity index (χ1) is 21.4. The first-order valence-electron chi connectivity index (χ1n) is 14.9. The van der Waals surface area contributed by atoms with Crippen molar-refractivity contribution in [1.82, 2.24) is 19.4 Å². The lowest BCUT2D eigenvalue weighted by Gasteiger charge is -2.34. The number of fused-ring (bicyclic) bond motifs is 2. The number of rotatable bonds is 8. The summed E-state index contributed by atoms with van der Waals surface area (Å²) in [5.74, 6) is -1.03. The van der Waals surface area contributed by atoms with Crippen LogP contribution in [0.3, 0.4) is 0 Å². The van der Waals surface area contributed by atoms with Gasteiger partial charge in [-0.1, -0.05) is 12.1 Å². The second-order valence-corrected chi connectivity index (χ2v) is 12.6. The SMILES string of the molecule is O=C(Nc1nccs1)C(c1ncn2c1CCC2)N1Cc2c(F)cc(-c3ccc(N4CCC(CC(O)O)CC4)cc3)cc2C1=O. The summed E-state index contributed by atoms with van der Waals surface area (Å²) in [4.78, 5) is 40.0. The lowest BCUT2D eigenvalue weighted by molar-refractivity contribution is -0.121. The largest absolute Gasteiger partial charge is 0.372 e. The summed E-state index contributed by atoms with van der Waals surface area (Å²) < 4.78 is 17.7. The van der Waals surface area contributed by atoms with E-state index in [1.54, 1.807) is 24.0 Å². The number of amides is 2. The number of nitrogens with one attached hydrogen (secondary N) is 1. The molecule has 3 aliphatic rings. The quantitative estimate of drug-likeness (QED) is 0.252. The predicted octanol–water partition coefficient (Wildman–Crippen LogP) is 4.34. The Morgan fingerprint density at radius 2 is 1.89 bits per heavy atom. The summed E-state index contributed by atoms with van der Waals surface area (Å²) >= 11 is 1.28. The number of benzene rings is 2. The molecule has 3 aliphatic heterocycles. The van der Waals surface area contributed by atoms with E-state index in [9.17, 15) is 19.8 Å². The molecule has 0 saturated carbocycles. The lowest BCUT2D eigenvalue weighted by Crippen LogP contribution is -2.38. The number of hydrogen-bond acceptors (Lipinski definition) is 8. The van der Waals surface area contributed by atoms with Gasteiger partial charge >= 0.3 is 0 Å². The van der Waals surface area contributed by atoms with Gasteiger partial charge in [-0.2, -0.15) is 0 Å². The van der Waals surface area contributed by atoms with Crippen LogP contribution < -0.4 is 10.2 Å². The van der Waals surface area contributed by atoms with E-state index < -0.39 is 30.0 Å². The molecular formula is C32H33FN6O4S. The second kappa shape index (κ2) is 11.8. The Balaban J connectivity index is 1.13. The Morgan fingerprint density at radius 1 is 1.09 bits per heavy atom. The lowest BCUT2D eigenvalue weighted by atomic mass is 9.93. The molecule has 44 heavy (non-hydrogen) atoms. The Kier molecular flexibility index (Phi) is 7.65. The number of aliphatic hydroxyl groups is 2. The molecule has 2 aromatic heterocycles. The zero-order valence-electron chi connectivity index (χ0n) is 24.0. The van der Waals surface area contributed by atoms with Gasteiger partial charge in [0.1, 0.15) is 5.82 Å². The summed E-state index contributed by atoms with van der Waals surface area (Å²) in [6.07, 6.45) is 5.89. The fourth-order valence-electron chi connectivity index (χ4n) is 6.75. The molecule has 1 fully saturated rings. The number of thiazole rings is 1. The number of piperidine rings is 1. The molecule has 2 aromatic carbocycles. The van der Waals surface area contributed by atoms with Crippen LogP contribution in [0, 0.1) is 11.7 Å². The monoisotopic (exact) mass is 616 g/mol. The molecule has 10 nitrogen and oxygen atoms in total. The predicted molar refractivity (Wildman–Crippen MR) is 164 cm³/mol. The number of aliphatic hydroxyl groups excluding tert-OH is 1. The van der Waals surface area contributed by atoms with Crippen LogP contribution in [0.4, 0.5) is 15.2 Å². The van der Waals surface area contributed by atoms with Crippen molar-refractivity contribution in [2.24, 2.45) is 5.92 Å². The van der Waals surface area contributed by atoms with E-state index in [4.69, 9.17) is 0 Å². The summed E-state index contributed by atoms with van der Waals surface area (Å²) in [6, 6.07) is 9.98. The van der Waals surface area contributed by atoms with Crippen molar-refractivity contribution in [3.63, 3.8) is 0 Å². The third-order valence-corrected chi connectivity index (χ3v) is 9.70. The molecule has 3 N–H and O–H groups in total. The van der Waals surface area contributed by atoms with E-state index >= 15 is 4.39 Å². The van der Waals surface area contributed by atoms with Crippen LogP contribution in [0.15, 0.2) is 54.3 Å². The highest BCUT2D eigenvalue weighted by molar-refractivity contribution is 7.13. The molecule has 7 rings (SSSR count). The third-order valence-electron chi connectivity index (χ3n) is 9.01. The fraction of sp³-hybridized carbons (Fsp3) is 0.375. The molecule has 4 aromatic rings. The van der Waals surface area contributed by atoms with Crippen LogP contribution in [0.2, 0.25) is 0 Å². The Hall–Kier alpha value is -4.13. The molecule has 1 atom stereocenters. The number of halogens is 1. The maximum Gasteiger partial charge on any atom is 0.255 e. The smallest absolute Gasteiger partial charge is 0.255 e. The van der Waals surface area contributed by atoms with Gasteiger partial charge in [0.25, 0.3) is 11.8 Å². The van der Waals surface area contributed by atoms with Crippen LogP contribution in [-0.2, 0) is 24.3 Å². The topological polar surface area (TPSA) is 124 Å². The van der Waals surface area contributed by atoms with Crippen molar-refractivity contribution >= 4 is 34.0 Å². The summed E-state index contributed by atoms with van der Waals surface area (Å²) in [6.45, 7) is 2.42. The van der Waals surface area contributed by atoms with Gasteiger partial charge in [0, 0.05) is 60.1 Å². The zero-order chi connectivity index (χ0) is 30.4. The van der Waals surface area contributed by atoms with E-state index in [0.29, 0.717) is 28.7 Å². The summed E-state index contributed by atoms with van der Waals surface area (Å²) in [5, 5.41) is 23.6. The molecule has 1 saturated heterocycles. The number of aromatic nitrogens is 3. The molecule has 0 aliphatic carbocycles. The van der Waals surface area contributed by atoms with Gasteiger partial charge < -0.3 is 24.6 Å². The normalized spacial score (nSPS) is 17.3. The van der Waals surface area contributed by atoms with Gasteiger partial charge in [-0.05, 0) is 67.0 Å². The highest BCUT2D eigenvalue weighted by atomic mass is 32.1. The Labute approximate surface area is 257 Å². The van der Waals surface area contributed by atoms with Crippen molar-refractivity contribution in [2.75, 3.05) is 23.3 Å². The number of aryl methyl sites for hydroxylation is 1. The standard InChI is InChI=1S/C32H33FN6O4S/c33-25-16-21(20-3-5-22(6-4-20)37-11-7-19(8-12-37)14-27(40)41)15-23-24(25)17-39(31(23)43)29(30(42)36-32-34-9-13-44-32)28-26-2-1-10-38(26)18-35-28/h3-6,9,13,15-16,18-19,27,29,40-41H,1-2,7-8,10-12,14,17H2,(H,34,36,42). The highest BCUT2D eigenvalue weighted by Crippen LogP contribution is 2.38. The first-order valence-corrected chi connectivity index (χ1v) is 15.8. The molecule has 2 amide bonds. The average Bonchev–Trinajstić information content (AvgIpc) is 3.82. The minimum absolute atomic E-state index is 0.0370. The minimum atomic E-state index is -1.27. The maximum absolute atomic E-state index is 15.7. The van der Waals surface area contributed by atoms with E-state index in [1.807, 2.05) is 28.8 Å². The second-order valence-electron chi connectivity index (χ2n) is 11.7. The van der Waals surface area contributed by atoms with Crippen LogP contribution in [-0.4, -0.2) is 60.8 Å². The Bertz CT molecular complexity index is 1680. The molecule has 12 heteroatoms. The fourth-order valence-corrected chi connectivity index (χ4v) is 7.29. The minimum Gasteiger partial charge on any atom is -0.372 e. The van der Waals surface area contributed by atoms with E-state index in [0.717, 1.165) is 62.3 Å². The van der Waals surface area contributed by atoms with Crippen LogP contribution >= 0.6 is 11.3 Å². The average molecular weight is 617 g/mol. The van der Waals surface area contributed by atoms with Gasteiger partial charge in [-0.3, -0.25) is 14.9 Å². The molecule has 0 radical (unpaired) electrons. The number of carbonyl (C=O) groups is 2. The number of carbonyl (C=O) groups excluding carboxylic acids is 2. The van der Waals surface area contributed by atoms with E-state index in [-0.39, 0.29) is 17.7 Å². The van der Waals surface area contributed by atoms with Crippen molar-refractivity contribution in [2.45, 2.75) is 57.5 Å². The van der Waals surface area contributed by atoms with E-state index in [2.05, 4.69) is 20.2 Å². The van der Waals surface area contributed by atoms with Crippen molar-refractivity contribution in [1.29, 1.82) is 0 Å². The molecule has 0 spiro atoms. The number of anilines is 2. The Morgan fingerprint density at radius 3 is 2.61 bits per heavy atom. The van der Waals surface area contributed by atoms with Gasteiger partial charge in [0.05, 0.1) is 18.6 Å². The van der Waals surface area contributed by atoms with Crippen LogP contribution in [0.25, 0.3) is 11.1 Å². The molecule has 1 unspecified atom stereocenters. The maximum atomic E-state index is 15.7. The number of hydrogen-bond donors (Lipinski definition) is 3. The molecule has 5 heterocycles. The zero-order valence-corrected chi connectivity index (χ0v) is 24.8. The van der Waals surface area contributed by atoms with Gasteiger partial charge in [0.15, 0.2) is 17.5 Å². The van der Waals surface area contributed by atoms with Crippen LogP contribution in [0.5, 0.6) is 0 Å². The molecule has 228 valence electrons. The summed E-state index contributed by atoms with van der Waals surface area (Å²) in [5.41, 5.74) is 4.38. The van der Waals surface area contributed by atoms with Crippen LogP contribution in [0.1, 0.15) is 59.0 Å². The summed E-state index contributed by atoms with van der Waals surface area (Å²) in [7, 11) is 0. The third kappa shape index (κ3) is 5.37. The number of nitrogens with zero attached hydrogens (tertiary/aromatic N) is 5. The highest BCUT2D eigenvalue weighted by Gasteiger charge is 2.42. The number of imidazole rings is 1. The first kappa shape index (κ1) is 28.6.